The molecule has 2 aliphatic rings. The maximum Gasteiger partial charge on any atom is 0.254 e. The molecule has 1 fully saturated rings. The summed E-state index contributed by atoms with van der Waals surface area (Å²) >= 11 is 0. The van der Waals surface area contributed by atoms with Crippen LogP contribution in [0.1, 0.15) is 40.7 Å². The molecule has 3 nitrogen and oxygen atoms in total. The van der Waals surface area contributed by atoms with E-state index >= 15 is 0 Å². The van der Waals surface area contributed by atoms with Crippen molar-refractivity contribution in [2.75, 3.05) is 13.1 Å². The highest BCUT2D eigenvalue weighted by Gasteiger charge is 2.32. The lowest BCUT2D eigenvalue weighted by atomic mass is 10.1. The SMILES string of the molecule is NCCN(C(=O)c1ccc2c(c1)CCC2)C1CC1. The molecular formula is C15H20N2O. The molecule has 0 radical (unpaired) electrons. The van der Waals surface area contributed by atoms with Gasteiger partial charge in [0, 0.05) is 24.7 Å². The number of carbonyl (C=O) groups is 1. The molecule has 2 aliphatic carbocycles. The molecule has 0 aromatic heterocycles. The van der Waals surface area contributed by atoms with Gasteiger partial charge in [0.2, 0.25) is 0 Å². The molecule has 3 heteroatoms. The van der Waals surface area contributed by atoms with Gasteiger partial charge in [-0.05, 0) is 55.4 Å². The molecule has 96 valence electrons. The third-order valence-corrected chi connectivity index (χ3v) is 3.96. The van der Waals surface area contributed by atoms with E-state index in [1.165, 1.54) is 24.0 Å². The highest BCUT2D eigenvalue weighted by molar-refractivity contribution is 5.95. The number of aryl methyl sites for hydroxylation is 2. The van der Waals surface area contributed by atoms with Crippen LogP contribution in [0.2, 0.25) is 0 Å². The Hall–Kier alpha value is -1.35. The lowest BCUT2D eigenvalue weighted by molar-refractivity contribution is 0.0748. The fourth-order valence-corrected chi connectivity index (χ4v) is 2.85. The van der Waals surface area contributed by atoms with Crippen molar-refractivity contribution < 1.29 is 4.79 Å². The van der Waals surface area contributed by atoms with Gasteiger partial charge in [0.15, 0.2) is 0 Å². The highest BCUT2D eigenvalue weighted by atomic mass is 16.2. The molecular weight excluding hydrogens is 224 g/mol. The van der Waals surface area contributed by atoms with E-state index in [1.54, 1.807) is 0 Å². The van der Waals surface area contributed by atoms with Crippen LogP contribution in [0.15, 0.2) is 18.2 Å². The average Bonchev–Trinajstić information content (AvgIpc) is 3.12. The van der Waals surface area contributed by atoms with Gasteiger partial charge in [-0.25, -0.2) is 0 Å². The quantitative estimate of drug-likeness (QED) is 0.877. The number of fused-ring (bicyclic) bond motifs is 1. The number of carbonyl (C=O) groups excluding carboxylic acids is 1. The minimum atomic E-state index is 0.164. The Kier molecular flexibility index (Phi) is 3.08. The first-order valence-corrected chi connectivity index (χ1v) is 6.92. The monoisotopic (exact) mass is 244 g/mol. The normalized spacial score (nSPS) is 17.6. The van der Waals surface area contributed by atoms with Gasteiger partial charge in [-0.3, -0.25) is 4.79 Å². The van der Waals surface area contributed by atoms with Gasteiger partial charge < -0.3 is 10.6 Å². The Bertz CT molecular complexity index is 466. The fraction of sp³-hybridized carbons (Fsp3) is 0.533. The number of hydrogen-bond donors (Lipinski definition) is 1. The number of benzene rings is 1. The van der Waals surface area contributed by atoms with Crippen molar-refractivity contribution >= 4 is 5.91 Å². The molecule has 1 saturated carbocycles. The molecule has 0 spiro atoms. The average molecular weight is 244 g/mol. The molecule has 1 aromatic carbocycles. The van der Waals surface area contributed by atoms with Crippen molar-refractivity contribution in [1.82, 2.24) is 4.90 Å². The minimum Gasteiger partial charge on any atom is -0.334 e. The van der Waals surface area contributed by atoms with E-state index < -0.39 is 0 Å². The second-order valence-corrected chi connectivity index (χ2v) is 5.36. The summed E-state index contributed by atoms with van der Waals surface area (Å²) in [5, 5.41) is 0. The molecule has 1 amide bonds. The van der Waals surface area contributed by atoms with Crippen LogP contribution in [0.4, 0.5) is 0 Å². The molecule has 2 N–H and O–H groups in total. The molecule has 0 unspecified atom stereocenters. The van der Waals surface area contributed by atoms with Gasteiger partial charge in [-0.15, -0.1) is 0 Å². The largest absolute Gasteiger partial charge is 0.334 e. The predicted octanol–water partition coefficient (Wildman–Crippen LogP) is 1.74. The third-order valence-electron chi connectivity index (χ3n) is 3.96. The summed E-state index contributed by atoms with van der Waals surface area (Å²) in [6, 6.07) is 6.65. The predicted molar refractivity (Wildman–Crippen MR) is 71.6 cm³/mol. The van der Waals surface area contributed by atoms with Crippen LogP contribution >= 0.6 is 0 Å². The summed E-state index contributed by atoms with van der Waals surface area (Å²) in [7, 11) is 0. The van der Waals surface area contributed by atoms with E-state index in [1.807, 2.05) is 11.0 Å². The Morgan fingerprint density at radius 3 is 2.78 bits per heavy atom. The molecule has 0 saturated heterocycles. The van der Waals surface area contributed by atoms with Crippen LogP contribution in [0, 0.1) is 0 Å². The van der Waals surface area contributed by atoms with Crippen molar-refractivity contribution in [3.63, 3.8) is 0 Å². The zero-order valence-electron chi connectivity index (χ0n) is 10.7. The van der Waals surface area contributed by atoms with Gasteiger partial charge in [0.1, 0.15) is 0 Å². The van der Waals surface area contributed by atoms with E-state index in [0.29, 0.717) is 19.1 Å². The number of rotatable bonds is 4. The number of nitrogens with zero attached hydrogens (tertiary/aromatic N) is 1. The van der Waals surface area contributed by atoms with Crippen LogP contribution in [0.3, 0.4) is 0 Å². The summed E-state index contributed by atoms with van der Waals surface area (Å²) in [6.07, 6.45) is 5.78. The summed E-state index contributed by atoms with van der Waals surface area (Å²) < 4.78 is 0. The lowest BCUT2D eigenvalue weighted by Crippen LogP contribution is -2.37. The van der Waals surface area contributed by atoms with E-state index in [4.69, 9.17) is 5.73 Å². The molecule has 3 rings (SSSR count). The molecule has 1 aromatic rings. The van der Waals surface area contributed by atoms with Gasteiger partial charge in [0.05, 0.1) is 0 Å². The summed E-state index contributed by atoms with van der Waals surface area (Å²) in [4.78, 5) is 14.4. The third kappa shape index (κ3) is 2.15. The minimum absolute atomic E-state index is 0.164. The molecule has 18 heavy (non-hydrogen) atoms. The summed E-state index contributed by atoms with van der Waals surface area (Å²) in [5.41, 5.74) is 9.24. The topological polar surface area (TPSA) is 46.3 Å². The number of nitrogens with two attached hydrogens (primary N) is 1. The van der Waals surface area contributed by atoms with Gasteiger partial charge >= 0.3 is 0 Å². The van der Waals surface area contributed by atoms with Crippen LogP contribution < -0.4 is 5.73 Å². The molecule has 0 aliphatic heterocycles. The first kappa shape index (κ1) is 11.7. The van der Waals surface area contributed by atoms with Crippen molar-refractivity contribution in [3.05, 3.63) is 34.9 Å². The Morgan fingerprint density at radius 1 is 1.28 bits per heavy atom. The van der Waals surface area contributed by atoms with Crippen LogP contribution in [-0.2, 0) is 12.8 Å². The zero-order valence-corrected chi connectivity index (χ0v) is 10.7. The molecule has 0 atom stereocenters. The van der Waals surface area contributed by atoms with E-state index in [9.17, 15) is 4.79 Å². The van der Waals surface area contributed by atoms with Gasteiger partial charge in [0.25, 0.3) is 5.91 Å². The van der Waals surface area contributed by atoms with Crippen molar-refractivity contribution in [1.29, 1.82) is 0 Å². The second kappa shape index (κ2) is 4.73. The maximum atomic E-state index is 12.5. The Labute approximate surface area is 108 Å². The maximum absolute atomic E-state index is 12.5. The Balaban J connectivity index is 1.82. The number of hydrogen-bond acceptors (Lipinski definition) is 2. The summed E-state index contributed by atoms with van der Waals surface area (Å²) in [6.45, 7) is 1.23. The molecule has 0 bridgehead atoms. The van der Waals surface area contributed by atoms with Crippen molar-refractivity contribution in [3.8, 4) is 0 Å². The van der Waals surface area contributed by atoms with Crippen molar-refractivity contribution in [2.45, 2.75) is 38.1 Å². The van der Waals surface area contributed by atoms with Crippen molar-refractivity contribution in [2.24, 2.45) is 5.73 Å². The first-order valence-electron chi connectivity index (χ1n) is 6.92. The van der Waals surface area contributed by atoms with Crippen LogP contribution in [0.5, 0.6) is 0 Å². The summed E-state index contributed by atoms with van der Waals surface area (Å²) in [5.74, 6) is 0.164. The Morgan fingerprint density at radius 2 is 2.06 bits per heavy atom. The lowest BCUT2D eigenvalue weighted by Gasteiger charge is -2.22. The van der Waals surface area contributed by atoms with E-state index in [2.05, 4.69) is 12.1 Å². The zero-order chi connectivity index (χ0) is 12.5. The van der Waals surface area contributed by atoms with Crippen LogP contribution in [0.25, 0.3) is 0 Å². The first-order chi connectivity index (χ1) is 8.79. The standard InChI is InChI=1S/C15H20N2O/c16-8-9-17(14-6-7-14)15(18)13-5-4-11-2-1-3-12(11)10-13/h4-5,10,14H,1-3,6-9,16H2. The van der Waals surface area contributed by atoms with E-state index in [-0.39, 0.29) is 5.91 Å². The second-order valence-electron chi connectivity index (χ2n) is 5.36. The van der Waals surface area contributed by atoms with Gasteiger partial charge in [-0.2, -0.15) is 0 Å². The van der Waals surface area contributed by atoms with E-state index in [0.717, 1.165) is 24.8 Å². The highest BCUT2D eigenvalue weighted by Crippen LogP contribution is 2.29. The van der Waals surface area contributed by atoms with Gasteiger partial charge in [-0.1, -0.05) is 6.07 Å². The molecule has 0 heterocycles. The fourth-order valence-electron chi connectivity index (χ4n) is 2.85. The van der Waals surface area contributed by atoms with Crippen LogP contribution in [-0.4, -0.2) is 29.9 Å². The number of amides is 1. The smallest absolute Gasteiger partial charge is 0.254 e.